The highest BCUT2D eigenvalue weighted by Gasteiger charge is 2.28. The number of hydrogen-bond donors (Lipinski definition) is 2. The van der Waals surface area contributed by atoms with Gasteiger partial charge in [0.05, 0.1) is 12.1 Å². The second-order valence-electron chi connectivity index (χ2n) is 6.21. The van der Waals surface area contributed by atoms with Crippen LogP contribution >= 0.6 is 0 Å². The first-order valence-corrected chi connectivity index (χ1v) is 7.76. The fourth-order valence-electron chi connectivity index (χ4n) is 3.58. The Labute approximate surface area is 116 Å². The van der Waals surface area contributed by atoms with Crippen LogP contribution in [0.1, 0.15) is 57.8 Å². The monoisotopic (exact) mass is 268 g/mol. The normalized spacial score (nSPS) is 35.3. The summed E-state index contributed by atoms with van der Waals surface area (Å²) in [6.07, 6.45) is 9.84. The molecule has 3 N–H and O–H groups in total. The van der Waals surface area contributed by atoms with Crippen LogP contribution in [0.3, 0.4) is 0 Å². The molecule has 19 heavy (non-hydrogen) atoms. The van der Waals surface area contributed by atoms with Gasteiger partial charge in [0.1, 0.15) is 0 Å². The van der Waals surface area contributed by atoms with Gasteiger partial charge in [-0.25, -0.2) is 0 Å². The molecule has 0 aliphatic heterocycles. The quantitative estimate of drug-likeness (QED) is 0.801. The molecule has 110 valence electrons. The van der Waals surface area contributed by atoms with Gasteiger partial charge in [-0.1, -0.05) is 12.8 Å². The average molecular weight is 268 g/mol. The zero-order chi connectivity index (χ0) is 13.7. The summed E-state index contributed by atoms with van der Waals surface area (Å²) in [5.41, 5.74) is 5.98. The molecule has 4 heteroatoms. The maximum atomic E-state index is 12.0. The van der Waals surface area contributed by atoms with Crippen molar-refractivity contribution in [3.05, 3.63) is 0 Å². The summed E-state index contributed by atoms with van der Waals surface area (Å²) in [6.45, 7) is 0. The van der Waals surface area contributed by atoms with Crippen LogP contribution in [0.5, 0.6) is 0 Å². The average Bonchev–Trinajstić information content (AvgIpc) is 2.84. The van der Waals surface area contributed by atoms with Crippen LogP contribution in [0.15, 0.2) is 0 Å². The second kappa shape index (κ2) is 7.25. The first-order chi connectivity index (χ1) is 9.19. The molecule has 1 amide bonds. The summed E-state index contributed by atoms with van der Waals surface area (Å²) < 4.78 is 5.40. The van der Waals surface area contributed by atoms with Gasteiger partial charge in [-0.3, -0.25) is 4.79 Å². The summed E-state index contributed by atoms with van der Waals surface area (Å²) in [7, 11) is 1.73. The summed E-state index contributed by atoms with van der Waals surface area (Å²) in [4.78, 5) is 12.0. The van der Waals surface area contributed by atoms with Crippen LogP contribution < -0.4 is 11.1 Å². The molecule has 0 bridgehead atoms. The van der Waals surface area contributed by atoms with Gasteiger partial charge in [0.25, 0.3) is 0 Å². The van der Waals surface area contributed by atoms with Crippen molar-refractivity contribution in [2.75, 3.05) is 7.11 Å². The first-order valence-electron chi connectivity index (χ1n) is 7.76. The van der Waals surface area contributed by atoms with Crippen molar-refractivity contribution in [1.82, 2.24) is 5.32 Å². The van der Waals surface area contributed by atoms with Gasteiger partial charge in [-0.05, 0) is 44.4 Å². The lowest BCUT2D eigenvalue weighted by Crippen LogP contribution is -2.40. The Balaban J connectivity index is 1.66. The molecular formula is C15H28N2O2. The van der Waals surface area contributed by atoms with E-state index < -0.39 is 0 Å². The second-order valence-corrected chi connectivity index (χ2v) is 6.21. The zero-order valence-corrected chi connectivity index (χ0v) is 12.1. The molecule has 0 heterocycles. The number of ether oxygens (including phenoxy) is 1. The van der Waals surface area contributed by atoms with E-state index in [-0.39, 0.29) is 18.1 Å². The number of carbonyl (C=O) groups excluding carboxylic acids is 1. The molecule has 2 aliphatic rings. The van der Waals surface area contributed by atoms with E-state index in [0.717, 1.165) is 38.5 Å². The number of carbonyl (C=O) groups is 1. The van der Waals surface area contributed by atoms with Crippen LogP contribution in [0.2, 0.25) is 0 Å². The predicted octanol–water partition coefficient (Wildman–Crippen LogP) is 1.97. The van der Waals surface area contributed by atoms with E-state index in [9.17, 15) is 4.79 Å². The summed E-state index contributed by atoms with van der Waals surface area (Å²) >= 11 is 0. The summed E-state index contributed by atoms with van der Waals surface area (Å²) in [6, 6.07) is 0.584. The third-order valence-corrected chi connectivity index (χ3v) is 4.70. The van der Waals surface area contributed by atoms with E-state index in [4.69, 9.17) is 10.5 Å². The number of methoxy groups -OCH3 is 1. The number of rotatable bonds is 5. The molecule has 0 aromatic carbocycles. The van der Waals surface area contributed by atoms with Gasteiger partial charge < -0.3 is 15.8 Å². The fourth-order valence-corrected chi connectivity index (χ4v) is 3.58. The molecule has 0 aromatic rings. The molecule has 2 fully saturated rings. The minimum absolute atomic E-state index is 0.188. The topological polar surface area (TPSA) is 64.3 Å². The van der Waals surface area contributed by atoms with E-state index in [0.29, 0.717) is 18.4 Å². The highest BCUT2D eigenvalue weighted by atomic mass is 16.5. The van der Waals surface area contributed by atoms with Crippen molar-refractivity contribution in [3.8, 4) is 0 Å². The third kappa shape index (κ3) is 4.46. The predicted molar refractivity (Wildman–Crippen MR) is 75.7 cm³/mol. The lowest BCUT2D eigenvalue weighted by molar-refractivity contribution is -0.122. The standard InChI is InChI=1S/C15H28N2O2/c1-19-14-7-3-6-13(14)17-15(18)9-8-11-4-2-5-12(16)10-11/h11-14H,2-10,16H2,1H3,(H,17,18). The number of nitrogens with two attached hydrogens (primary N) is 1. The summed E-state index contributed by atoms with van der Waals surface area (Å²) in [5.74, 6) is 0.837. The molecule has 4 atom stereocenters. The fraction of sp³-hybridized carbons (Fsp3) is 0.933. The van der Waals surface area contributed by atoms with Gasteiger partial charge >= 0.3 is 0 Å². The largest absolute Gasteiger partial charge is 0.379 e. The van der Waals surface area contributed by atoms with Crippen LogP contribution in [0.4, 0.5) is 0 Å². The Morgan fingerprint density at radius 1 is 1.26 bits per heavy atom. The van der Waals surface area contributed by atoms with E-state index in [1.165, 1.54) is 12.8 Å². The van der Waals surface area contributed by atoms with Crippen molar-refractivity contribution in [2.24, 2.45) is 11.7 Å². The number of hydrogen-bond acceptors (Lipinski definition) is 3. The van der Waals surface area contributed by atoms with Gasteiger partial charge in [0, 0.05) is 19.6 Å². The van der Waals surface area contributed by atoms with Crippen molar-refractivity contribution in [1.29, 1.82) is 0 Å². The minimum Gasteiger partial charge on any atom is -0.379 e. The molecule has 2 rings (SSSR count). The molecule has 0 aromatic heterocycles. The first kappa shape index (κ1) is 14.8. The van der Waals surface area contributed by atoms with Crippen LogP contribution in [0, 0.1) is 5.92 Å². The Hall–Kier alpha value is -0.610. The Bertz CT molecular complexity index is 296. The lowest BCUT2D eigenvalue weighted by Gasteiger charge is -2.26. The SMILES string of the molecule is COC1CCCC1NC(=O)CCC1CCCC(N)C1. The van der Waals surface area contributed by atoms with Crippen LogP contribution in [0.25, 0.3) is 0 Å². The highest BCUT2D eigenvalue weighted by Crippen LogP contribution is 2.27. The Morgan fingerprint density at radius 2 is 2.05 bits per heavy atom. The molecule has 0 saturated heterocycles. The smallest absolute Gasteiger partial charge is 0.220 e. The van der Waals surface area contributed by atoms with Gasteiger partial charge in [0.2, 0.25) is 5.91 Å². The summed E-state index contributed by atoms with van der Waals surface area (Å²) in [5, 5.41) is 3.14. The van der Waals surface area contributed by atoms with Gasteiger partial charge in [0.15, 0.2) is 0 Å². The molecule has 0 radical (unpaired) electrons. The highest BCUT2D eigenvalue weighted by molar-refractivity contribution is 5.76. The Kier molecular flexibility index (Phi) is 5.64. The van der Waals surface area contributed by atoms with Crippen molar-refractivity contribution < 1.29 is 9.53 Å². The lowest BCUT2D eigenvalue weighted by atomic mass is 9.83. The number of amides is 1. The minimum atomic E-state index is 0.188. The molecular weight excluding hydrogens is 240 g/mol. The van der Waals surface area contributed by atoms with E-state index in [1.54, 1.807) is 7.11 Å². The van der Waals surface area contributed by atoms with Crippen molar-refractivity contribution in [2.45, 2.75) is 76.0 Å². The molecule has 4 unspecified atom stereocenters. The van der Waals surface area contributed by atoms with E-state index >= 15 is 0 Å². The van der Waals surface area contributed by atoms with Gasteiger partial charge in [-0.2, -0.15) is 0 Å². The van der Waals surface area contributed by atoms with E-state index in [1.807, 2.05) is 0 Å². The van der Waals surface area contributed by atoms with E-state index in [2.05, 4.69) is 5.32 Å². The zero-order valence-electron chi connectivity index (χ0n) is 12.1. The van der Waals surface area contributed by atoms with Crippen molar-refractivity contribution in [3.63, 3.8) is 0 Å². The van der Waals surface area contributed by atoms with Crippen LogP contribution in [-0.2, 0) is 9.53 Å². The molecule has 0 spiro atoms. The maximum absolute atomic E-state index is 12.0. The van der Waals surface area contributed by atoms with Gasteiger partial charge in [-0.15, -0.1) is 0 Å². The Morgan fingerprint density at radius 3 is 2.79 bits per heavy atom. The van der Waals surface area contributed by atoms with Crippen LogP contribution in [-0.4, -0.2) is 31.2 Å². The van der Waals surface area contributed by atoms with Crippen molar-refractivity contribution >= 4 is 5.91 Å². The molecule has 2 aliphatic carbocycles. The molecule has 4 nitrogen and oxygen atoms in total. The maximum Gasteiger partial charge on any atom is 0.220 e. The molecule has 2 saturated carbocycles. The third-order valence-electron chi connectivity index (χ3n) is 4.70. The number of nitrogens with one attached hydrogen (secondary N) is 1.